The van der Waals surface area contributed by atoms with E-state index in [4.69, 9.17) is 25.9 Å². The van der Waals surface area contributed by atoms with Crippen LogP contribution in [0.3, 0.4) is 0 Å². The summed E-state index contributed by atoms with van der Waals surface area (Å²) in [5, 5.41) is 25.5. The normalized spacial score (nSPS) is 13.0. The fraction of sp³-hybridized carbons (Fsp3) is 0.0870. The highest BCUT2D eigenvalue weighted by Crippen LogP contribution is 2.38. The Labute approximate surface area is 202 Å². The lowest BCUT2D eigenvalue weighted by Gasteiger charge is -2.08. The zero-order chi connectivity index (χ0) is 23.7. The molecule has 0 spiro atoms. The van der Waals surface area contributed by atoms with E-state index in [0.717, 1.165) is 11.1 Å². The van der Waals surface area contributed by atoms with Crippen LogP contribution in [0, 0.1) is 17.0 Å². The van der Waals surface area contributed by atoms with Crippen LogP contribution in [0.1, 0.15) is 22.7 Å². The van der Waals surface area contributed by atoms with Gasteiger partial charge in [0, 0.05) is 10.6 Å². The molecular weight excluding hydrogens is 478 g/mol. The van der Waals surface area contributed by atoms with Gasteiger partial charge in [-0.15, -0.1) is 10.2 Å². The van der Waals surface area contributed by atoms with Gasteiger partial charge in [0.05, 0.1) is 16.7 Å². The zero-order valence-corrected chi connectivity index (χ0v) is 19.3. The first-order valence-corrected chi connectivity index (χ1v) is 11.3. The lowest BCUT2D eigenvalue weighted by atomic mass is 10.0. The zero-order valence-electron chi connectivity index (χ0n) is 17.7. The molecule has 0 fully saturated rings. The van der Waals surface area contributed by atoms with E-state index in [-0.39, 0.29) is 12.5 Å². The Kier molecular flexibility index (Phi) is 5.91. The Hall–Kier alpha value is -3.89. The Balaban J connectivity index is 1.54. The average molecular weight is 494 g/mol. The molecule has 0 radical (unpaired) electrons. The molecule has 5 rings (SSSR count). The number of fused-ring (bicyclic) bond motifs is 1. The highest BCUT2D eigenvalue weighted by atomic mass is 35.5. The topological polar surface area (TPSA) is 109 Å². The second-order valence-corrected chi connectivity index (χ2v) is 8.70. The van der Waals surface area contributed by atoms with Gasteiger partial charge in [-0.25, -0.2) is 0 Å². The summed E-state index contributed by atoms with van der Waals surface area (Å²) in [6, 6.07) is 17.7. The summed E-state index contributed by atoms with van der Waals surface area (Å²) in [6.07, 6.45) is 1.83. The molecule has 0 N–H and O–H groups in total. The third-order valence-electron chi connectivity index (χ3n) is 4.97. The van der Waals surface area contributed by atoms with Gasteiger partial charge in [0.2, 0.25) is 5.16 Å². The van der Waals surface area contributed by atoms with Crippen molar-refractivity contribution in [1.29, 1.82) is 0 Å². The molecular formula is C23H16ClN5O4S. The fourth-order valence-corrected chi connectivity index (χ4v) is 4.31. The largest absolute Gasteiger partial charge is 0.486 e. The quantitative estimate of drug-likeness (QED) is 0.249. The van der Waals surface area contributed by atoms with Crippen LogP contribution < -0.4 is 4.74 Å². The summed E-state index contributed by atoms with van der Waals surface area (Å²) in [7, 11) is 0. The number of rotatable bonds is 6. The number of allylic oxidation sites excluding steroid dienone is 1. The second kappa shape index (κ2) is 9.16. The molecule has 0 unspecified atom stereocenters. The minimum Gasteiger partial charge on any atom is -0.486 e. The number of ether oxygens (including phenoxy) is 1. The standard InChI is InChI=1S/C23H16ClN5O4S/c1-14-4-2-3-5-17(14)18-12-20(19-10-11-22(33-19)29(30)31)34-23-26-25-21(28(23)27-18)13-32-16-8-6-15(24)7-9-16/h2-12H,13H2,1H3. The first-order chi connectivity index (χ1) is 16.5. The van der Waals surface area contributed by atoms with Crippen LogP contribution >= 0.6 is 23.4 Å². The van der Waals surface area contributed by atoms with Crippen molar-refractivity contribution in [2.24, 2.45) is 5.10 Å². The lowest BCUT2D eigenvalue weighted by molar-refractivity contribution is -0.402. The molecule has 2 aromatic carbocycles. The molecule has 0 atom stereocenters. The molecule has 0 amide bonds. The maximum Gasteiger partial charge on any atom is 0.433 e. The van der Waals surface area contributed by atoms with Crippen molar-refractivity contribution in [3.05, 3.63) is 105 Å². The second-order valence-electron chi connectivity index (χ2n) is 7.26. The summed E-state index contributed by atoms with van der Waals surface area (Å²) in [4.78, 5) is 11.2. The molecule has 11 heteroatoms. The highest BCUT2D eigenvalue weighted by molar-refractivity contribution is 8.08. The van der Waals surface area contributed by atoms with Crippen molar-refractivity contribution >= 4 is 39.9 Å². The summed E-state index contributed by atoms with van der Waals surface area (Å²) in [6.45, 7) is 2.11. The summed E-state index contributed by atoms with van der Waals surface area (Å²) in [5.41, 5.74) is 2.54. The number of hydrogen-bond donors (Lipinski definition) is 0. The van der Waals surface area contributed by atoms with Gasteiger partial charge in [0.1, 0.15) is 23.0 Å². The Morgan fingerprint density at radius 3 is 2.65 bits per heavy atom. The Morgan fingerprint density at radius 2 is 1.91 bits per heavy atom. The molecule has 0 saturated heterocycles. The van der Waals surface area contributed by atoms with E-state index in [1.807, 2.05) is 37.3 Å². The third-order valence-corrected chi connectivity index (χ3v) is 6.20. The number of nitro groups is 1. The van der Waals surface area contributed by atoms with Crippen LogP contribution in [0.4, 0.5) is 5.88 Å². The van der Waals surface area contributed by atoms with Crippen LogP contribution in [0.2, 0.25) is 5.02 Å². The molecule has 1 aliphatic rings. The van der Waals surface area contributed by atoms with Gasteiger partial charge in [-0.3, -0.25) is 10.1 Å². The smallest absolute Gasteiger partial charge is 0.433 e. The lowest BCUT2D eigenvalue weighted by Crippen LogP contribution is -2.08. The first-order valence-electron chi connectivity index (χ1n) is 10.1. The Bertz CT molecular complexity index is 1440. The number of benzene rings is 2. The third kappa shape index (κ3) is 4.45. The molecule has 170 valence electrons. The average Bonchev–Trinajstić information content (AvgIpc) is 3.42. The molecule has 4 aromatic rings. The van der Waals surface area contributed by atoms with E-state index < -0.39 is 4.92 Å². The number of aromatic nitrogens is 3. The Morgan fingerprint density at radius 1 is 1.12 bits per heavy atom. The maximum absolute atomic E-state index is 11.1. The number of hydrogen-bond acceptors (Lipinski definition) is 8. The summed E-state index contributed by atoms with van der Waals surface area (Å²) >= 11 is 7.19. The van der Waals surface area contributed by atoms with Crippen molar-refractivity contribution in [3.63, 3.8) is 0 Å². The maximum atomic E-state index is 11.1. The van der Waals surface area contributed by atoms with Gasteiger partial charge in [-0.05, 0) is 60.7 Å². The van der Waals surface area contributed by atoms with Gasteiger partial charge in [0.15, 0.2) is 5.82 Å². The number of furan rings is 1. The molecule has 34 heavy (non-hydrogen) atoms. The van der Waals surface area contributed by atoms with Crippen molar-refractivity contribution in [3.8, 4) is 5.75 Å². The van der Waals surface area contributed by atoms with E-state index in [2.05, 4.69) is 10.2 Å². The molecule has 2 aromatic heterocycles. The minimum atomic E-state index is -0.573. The highest BCUT2D eigenvalue weighted by Gasteiger charge is 2.24. The van der Waals surface area contributed by atoms with Crippen molar-refractivity contribution in [2.75, 3.05) is 0 Å². The first kappa shape index (κ1) is 21.9. The van der Waals surface area contributed by atoms with Crippen LogP contribution in [0.5, 0.6) is 5.75 Å². The van der Waals surface area contributed by atoms with E-state index in [9.17, 15) is 10.1 Å². The molecule has 9 nitrogen and oxygen atoms in total. The van der Waals surface area contributed by atoms with Crippen LogP contribution in [0.15, 0.2) is 81.4 Å². The van der Waals surface area contributed by atoms with Crippen LogP contribution in [0.25, 0.3) is 4.91 Å². The molecule has 0 saturated carbocycles. The predicted molar refractivity (Wildman–Crippen MR) is 128 cm³/mol. The van der Waals surface area contributed by atoms with Crippen molar-refractivity contribution in [1.82, 2.24) is 14.9 Å². The monoisotopic (exact) mass is 493 g/mol. The summed E-state index contributed by atoms with van der Waals surface area (Å²) < 4.78 is 12.9. The number of aryl methyl sites for hydroxylation is 1. The van der Waals surface area contributed by atoms with Gasteiger partial charge in [-0.2, -0.15) is 9.78 Å². The van der Waals surface area contributed by atoms with Gasteiger partial charge >= 0.3 is 5.88 Å². The molecule has 0 aliphatic carbocycles. The van der Waals surface area contributed by atoms with E-state index in [1.165, 1.54) is 17.8 Å². The predicted octanol–water partition coefficient (Wildman–Crippen LogP) is 5.72. The molecule has 0 bridgehead atoms. The molecule has 1 aliphatic heterocycles. The van der Waals surface area contributed by atoms with Gasteiger partial charge in [-0.1, -0.05) is 35.9 Å². The van der Waals surface area contributed by atoms with Crippen molar-refractivity contribution < 1.29 is 14.1 Å². The number of halogens is 1. The number of thioether (sulfide) groups is 1. The van der Waals surface area contributed by atoms with Crippen LogP contribution in [-0.4, -0.2) is 25.5 Å². The fourth-order valence-electron chi connectivity index (χ4n) is 3.29. The van der Waals surface area contributed by atoms with E-state index in [1.54, 1.807) is 35.0 Å². The van der Waals surface area contributed by atoms with Crippen molar-refractivity contribution in [2.45, 2.75) is 18.7 Å². The van der Waals surface area contributed by atoms with Gasteiger partial charge in [0.25, 0.3) is 0 Å². The minimum absolute atomic E-state index is 0.126. The summed E-state index contributed by atoms with van der Waals surface area (Å²) in [5.74, 6) is 1.12. The van der Waals surface area contributed by atoms with Crippen LogP contribution in [-0.2, 0) is 6.61 Å². The SMILES string of the molecule is Cc1ccccc1C1=Nn2c(COc3ccc(Cl)cc3)nnc2SC(c2ccc([N+](=O)[O-])o2)=C1. The van der Waals surface area contributed by atoms with E-state index >= 15 is 0 Å². The van der Waals surface area contributed by atoms with Gasteiger partial charge < -0.3 is 9.15 Å². The van der Waals surface area contributed by atoms with E-state index in [0.29, 0.717) is 38.1 Å². The number of nitrogens with zero attached hydrogens (tertiary/aromatic N) is 5. The molecule has 3 heterocycles.